The number of aliphatic hydroxyl groups is 1. The van der Waals surface area contributed by atoms with Crippen molar-refractivity contribution in [1.82, 2.24) is 4.90 Å². The van der Waals surface area contributed by atoms with Gasteiger partial charge in [-0.1, -0.05) is 12.1 Å². The molecule has 0 radical (unpaired) electrons. The second kappa shape index (κ2) is 4.55. The molecule has 1 aromatic carbocycles. The molecule has 0 spiro atoms. The summed E-state index contributed by atoms with van der Waals surface area (Å²) in [6.07, 6.45) is 0. The highest BCUT2D eigenvalue weighted by atomic mass is 79.9. The quantitative estimate of drug-likeness (QED) is 0.900. The van der Waals surface area contributed by atoms with Crippen LogP contribution >= 0.6 is 15.9 Å². The van der Waals surface area contributed by atoms with E-state index in [1.165, 1.54) is 0 Å². The minimum Gasteiger partial charge on any atom is -0.396 e. The van der Waals surface area contributed by atoms with Gasteiger partial charge in [0.05, 0.1) is 5.56 Å². The molecule has 0 bridgehead atoms. The SMILES string of the molecule is Cc1cccc(C(=O)N2CC(CO)C2)c1Br. The Morgan fingerprint density at radius 2 is 2.25 bits per heavy atom. The summed E-state index contributed by atoms with van der Waals surface area (Å²) in [6.45, 7) is 3.46. The molecule has 4 heteroatoms. The van der Waals surface area contributed by atoms with Crippen LogP contribution in [0.3, 0.4) is 0 Å². The fraction of sp³-hybridized carbons (Fsp3) is 0.417. The molecule has 1 fully saturated rings. The van der Waals surface area contributed by atoms with Crippen LogP contribution in [0.15, 0.2) is 22.7 Å². The molecule has 3 nitrogen and oxygen atoms in total. The lowest BCUT2D eigenvalue weighted by Gasteiger charge is -2.38. The van der Waals surface area contributed by atoms with Crippen molar-refractivity contribution in [1.29, 1.82) is 0 Å². The van der Waals surface area contributed by atoms with E-state index in [2.05, 4.69) is 15.9 Å². The van der Waals surface area contributed by atoms with Gasteiger partial charge in [-0.15, -0.1) is 0 Å². The number of rotatable bonds is 2. The number of nitrogens with zero attached hydrogens (tertiary/aromatic N) is 1. The predicted molar refractivity (Wildman–Crippen MR) is 65.4 cm³/mol. The predicted octanol–water partition coefficient (Wildman–Crippen LogP) is 1.82. The van der Waals surface area contributed by atoms with Gasteiger partial charge in [0, 0.05) is 30.1 Å². The number of likely N-dealkylation sites (tertiary alicyclic amines) is 1. The summed E-state index contributed by atoms with van der Waals surface area (Å²) in [5, 5.41) is 8.91. The summed E-state index contributed by atoms with van der Waals surface area (Å²) in [5.74, 6) is 0.299. The number of hydrogen-bond acceptors (Lipinski definition) is 2. The molecule has 16 heavy (non-hydrogen) atoms. The zero-order chi connectivity index (χ0) is 11.7. The van der Waals surface area contributed by atoms with E-state index in [1.54, 1.807) is 4.90 Å². The number of amides is 1. The first kappa shape index (κ1) is 11.6. The third kappa shape index (κ3) is 1.99. The average molecular weight is 284 g/mol. The third-order valence-corrected chi connectivity index (χ3v) is 3.98. The number of carbonyl (C=O) groups excluding carboxylic acids is 1. The third-order valence-electron chi connectivity index (χ3n) is 2.92. The van der Waals surface area contributed by atoms with Crippen LogP contribution < -0.4 is 0 Å². The highest BCUT2D eigenvalue weighted by Crippen LogP contribution is 2.25. The molecule has 0 unspecified atom stereocenters. The standard InChI is InChI=1S/C12H14BrNO2/c1-8-3-2-4-10(11(8)13)12(16)14-5-9(6-14)7-15/h2-4,9,15H,5-7H2,1H3. The monoisotopic (exact) mass is 283 g/mol. The number of benzene rings is 1. The Bertz CT molecular complexity index is 413. The summed E-state index contributed by atoms with van der Waals surface area (Å²) < 4.78 is 0.868. The Balaban J connectivity index is 2.13. The Labute approximate surface area is 103 Å². The van der Waals surface area contributed by atoms with Crippen LogP contribution in [0, 0.1) is 12.8 Å². The molecule has 86 valence electrons. The first-order chi connectivity index (χ1) is 7.63. The van der Waals surface area contributed by atoms with E-state index in [0.717, 1.165) is 10.0 Å². The van der Waals surface area contributed by atoms with E-state index >= 15 is 0 Å². The second-order valence-electron chi connectivity index (χ2n) is 4.20. The summed E-state index contributed by atoms with van der Waals surface area (Å²) >= 11 is 3.44. The lowest BCUT2D eigenvalue weighted by molar-refractivity contribution is 0.0361. The van der Waals surface area contributed by atoms with E-state index in [4.69, 9.17) is 5.11 Å². The van der Waals surface area contributed by atoms with E-state index in [1.807, 2.05) is 25.1 Å². The topological polar surface area (TPSA) is 40.5 Å². The Morgan fingerprint density at radius 1 is 1.56 bits per heavy atom. The molecule has 1 aromatic rings. The Morgan fingerprint density at radius 3 is 2.88 bits per heavy atom. The molecular formula is C12H14BrNO2. The zero-order valence-corrected chi connectivity index (χ0v) is 10.7. The van der Waals surface area contributed by atoms with Crippen molar-refractivity contribution >= 4 is 21.8 Å². The molecule has 0 atom stereocenters. The van der Waals surface area contributed by atoms with E-state index in [-0.39, 0.29) is 18.4 Å². The fourth-order valence-electron chi connectivity index (χ4n) is 1.83. The first-order valence-electron chi connectivity index (χ1n) is 5.28. The van der Waals surface area contributed by atoms with E-state index in [0.29, 0.717) is 18.7 Å². The molecule has 1 amide bonds. The van der Waals surface area contributed by atoms with Crippen LogP contribution in [-0.2, 0) is 0 Å². The van der Waals surface area contributed by atoms with Crippen LogP contribution in [0.25, 0.3) is 0 Å². The molecular weight excluding hydrogens is 270 g/mol. The van der Waals surface area contributed by atoms with Crippen LogP contribution in [0.1, 0.15) is 15.9 Å². The van der Waals surface area contributed by atoms with Gasteiger partial charge in [-0.3, -0.25) is 4.79 Å². The van der Waals surface area contributed by atoms with Gasteiger partial charge >= 0.3 is 0 Å². The van der Waals surface area contributed by atoms with Crippen molar-refractivity contribution in [2.75, 3.05) is 19.7 Å². The zero-order valence-electron chi connectivity index (χ0n) is 9.11. The van der Waals surface area contributed by atoms with Gasteiger partial charge < -0.3 is 10.0 Å². The second-order valence-corrected chi connectivity index (χ2v) is 4.99. The minimum absolute atomic E-state index is 0.0419. The first-order valence-corrected chi connectivity index (χ1v) is 6.08. The molecule has 0 aromatic heterocycles. The number of hydrogen-bond donors (Lipinski definition) is 1. The van der Waals surface area contributed by atoms with Gasteiger partial charge in [-0.25, -0.2) is 0 Å². The smallest absolute Gasteiger partial charge is 0.255 e. The largest absolute Gasteiger partial charge is 0.396 e. The van der Waals surface area contributed by atoms with Gasteiger partial charge in [-0.2, -0.15) is 0 Å². The van der Waals surface area contributed by atoms with E-state index < -0.39 is 0 Å². The van der Waals surface area contributed by atoms with Crippen molar-refractivity contribution in [3.05, 3.63) is 33.8 Å². The number of halogens is 1. The normalized spacial score (nSPS) is 16.1. The maximum absolute atomic E-state index is 12.1. The van der Waals surface area contributed by atoms with Crippen molar-refractivity contribution in [3.63, 3.8) is 0 Å². The van der Waals surface area contributed by atoms with Gasteiger partial charge in [-0.05, 0) is 34.5 Å². The maximum atomic E-state index is 12.1. The maximum Gasteiger partial charge on any atom is 0.255 e. The van der Waals surface area contributed by atoms with Crippen LogP contribution in [0.4, 0.5) is 0 Å². The Kier molecular flexibility index (Phi) is 3.30. The molecule has 0 aliphatic carbocycles. The highest BCUT2D eigenvalue weighted by Gasteiger charge is 2.31. The molecule has 1 saturated heterocycles. The van der Waals surface area contributed by atoms with Gasteiger partial charge in [0.25, 0.3) is 5.91 Å². The summed E-state index contributed by atoms with van der Waals surface area (Å²) in [5.41, 5.74) is 1.77. The molecule has 1 N–H and O–H groups in total. The molecule has 2 rings (SSSR count). The highest BCUT2D eigenvalue weighted by molar-refractivity contribution is 9.10. The van der Waals surface area contributed by atoms with E-state index in [9.17, 15) is 4.79 Å². The van der Waals surface area contributed by atoms with Crippen molar-refractivity contribution < 1.29 is 9.90 Å². The van der Waals surface area contributed by atoms with Gasteiger partial charge in [0.1, 0.15) is 0 Å². The molecule has 0 saturated carbocycles. The van der Waals surface area contributed by atoms with Crippen LogP contribution in [0.2, 0.25) is 0 Å². The summed E-state index contributed by atoms with van der Waals surface area (Å²) in [4.78, 5) is 13.8. The van der Waals surface area contributed by atoms with Gasteiger partial charge in [0.15, 0.2) is 0 Å². The number of aliphatic hydroxyl groups excluding tert-OH is 1. The summed E-state index contributed by atoms with van der Waals surface area (Å²) in [6, 6.07) is 5.68. The van der Waals surface area contributed by atoms with Crippen molar-refractivity contribution in [3.8, 4) is 0 Å². The molecule has 1 aliphatic heterocycles. The van der Waals surface area contributed by atoms with Crippen molar-refractivity contribution in [2.45, 2.75) is 6.92 Å². The fourth-order valence-corrected chi connectivity index (χ4v) is 2.27. The lowest BCUT2D eigenvalue weighted by atomic mass is 9.99. The summed E-state index contributed by atoms with van der Waals surface area (Å²) in [7, 11) is 0. The lowest BCUT2D eigenvalue weighted by Crippen LogP contribution is -2.51. The average Bonchev–Trinajstić information content (AvgIpc) is 2.20. The van der Waals surface area contributed by atoms with Crippen LogP contribution in [-0.4, -0.2) is 35.6 Å². The van der Waals surface area contributed by atoms with Crippen LogP contribution in [0.5, 0.6) is 0 Å². The molecule has 1 aliphatic rings. The molecule has 1 heterocycles. The van der Waals surface area contributed by atoms with Crippen molar-refractivity contribution in [2.24, 2.45) is 5.92 Å². The minimum atomic E-state index is 0.0419. The van der Waals surface area contributed by atoms with Gasteiger partial charge in [0.2, 0.25) is 0 Å². The number of aryl methyl sites for hydroxylation is 1. The number of carbonyl (C=O) groups is 1. The Hall–Kier alpha value is -0.870.